The number of halogens is 1. The first-order valence-corrected chi connectivity index (χ1v) is 10.4. The lowest BCUT2D eigenvalue weighted by atomic mass is 10.1. The summed E-state index contributed by atoms with van der Waals surface area (Å²) in [6.07, 6.45) is 1.15. The van der Waals surface area contributed by atoms with Gasteiger partial charge in [-0.1, -0.05) is 18.2 Å². The number of carbonyl (C=O) groups excluding carboxylic acids is 1. The Bertz CT molecular complexity index is 1170. The van der Waals surface area contributed by atoms with E-state index in [-0.39, 0.29) is 28.5 Å². The molecule has 2 aliphatic heterocycles. The molecule has 2 aliphatic rings. The van der Waals surface area contributed by atoms with Gasteiger partial charge >= 0.3 is 5.97 Å². The number of rotatable bonds is 3. The van der Waals surface area contributed by atoms with Gasteiger partial charge in [-0.05, 0) is 37.1 Å². The molecule has 1 atom stereocenters. The minimum absolute atomic E-state index is 0.119. The van der Waals surface area contributed by atoms with Gasteiger partial charge in [-0.25, -0.2) is 9.18 Å². The zero-order chi connectivity index (χ0) is 20.6. The van der Waals surface area contributed by atoms with Crippen molar-refractivity contribution in [2.75, 3.05) is 6.54 Å². The summed E-state index contributed by atoms with van der Waals surface area (Å²) in [4.78, 5) is 14.4. The zero-order valence-electron chi connectivity index (χ0n) is 15.2. The predicted octanol–water partition coefficient (Wildman–Crippen LogP) is 2.35. The van der Waals surface area contributed by atoms with E-state index in [1.54, 1.807) is 23.1 Å². The van der Waals surface area contributed by atoms with Crippen LogP contribution in [0.15, 0.2) is 51.8 Å². The highest BCUT2D eigenvalue weighted by Crippen LogP contribution is 2.31. The normalized spacial score (nSPS) is 19.4. The van der Waals surface area contributed by atoms with Crippen molar-refractivity contribution in [2.45, 2.75) is 30.4 Å². The van der Waals surface area contributed by atoms with Crippen LogP contribution in [-0.2, 0) is 26.2 Å². The Kier molecular flexibility index (Phi) is 4.80. The predicted molar refractivity (Wildman–Crippen MR) is 101 cm³/mol. The number of sulfonamides is 1. The molecule has 2 aromatic rings. The van der Waals surface area contributed by atoms with Gasteiger partial charge in [-0.15, -0.1) is 4.40 Å². The monoisotopic (exact) mass is 413 g/mol. The van der Waals surface area contributed by atoms with Crippen LogP contribution in [0.3, 0.4) is 0 Å². The molecule has 2 heterocycles. The Morgan fingerprint density at radius 2 is 2.10 bits per heavy atom. The topological polar surface area (TPSA) is 99.8 Å². The Balaban J connectivity index is 1.52. The molecule has 9 heteroatoms. The number of ether oxygens (including phenoxy) is 1. The van der Waals surface area contributed by atoms with Crippen LogP contribution in [0.4, 0.5) is 4.39 Å². The molecule has 0 N–H and O–H groups in total. The number of amidine groups is 1. The summed E-state index contributed by atoms with van der Waals surface area (Å²) in [5.74, 6) is -0.958. The molecule has 148 valence electrons. The molecule has 4 rings (SSSR count). The molecule has 2 aromatic carbocycles. The van der Waals surface area contributed by atoms with E-state index < -0.39 is 27.9 Å². The molecule has 0 saturated carbocycles. The molecular formula is C20H16FN3O4S. The van der Waals surface area contributed by atoms with E-state index >= 15 is 0 Å². The molecule has 0 aromatic heterocycles. The van der Waals surface area contributed by atoms with E-state index in [0.29, 0.717) is 24.9 Å². The van der Waals surface area contributed by atoms with Gasteiger partial charge in [-0.2, -0.15) is 13.7 Å². The fraction of sp³-hybridized carbons (Fsp3) is 0.250. The van der Waals surface area contributed by atoms with Gasteiger partial charge in [0.05, 0.1) is 11.6 Å². The minimum Gasteiger partial charge on any atom is -0.459 e. The maximum Gasteiger partial charge on any atom is 0.329 e. The van der Waals surface area contributed by atoms with E-state index in [1.165, 1.54) is 18.2 Å². The largest absolute Gasteiger partial charge is 0.459 e. The number of hydrogen-bond acceptors (Lipinski definition) is 6. The third kappa shape index (κ3) is 3.47. The van der Waals surface area contributed by atoms with E-state index in [4.69, 9.17) is 10.00 Å². The van der Waals surface area contributed by atoms with E-state index in [9.17, 15) is 17.6 Å². The van der Waals surface area contributed by atoms with Gasteiger partial charge in [0.15, 0.2) is 5.84 Å². The first-order valence-electron chi connectivity index (χ1n) is 8.97. The molecule has 0 spiro atoms. The van der Waals surface area contributed by atoms with E-state index in [2.05, 4.69) is 4.40 Å². The summed E-state index contributed by atoms with van der Waals surface area (Å²) in [5.41, 5.74) is 0.803. The van der Waals surface area contributed by atoms with Crippen LogP contribution in [0, 0.1) is 17.1 Å². The van der Waals surface area contributed by atoms with Crippen molar-refractivity contribution in [3.8, 4) is 6.07 Å². The first-order chi connectivity index (χ1) is 13.9. The Morgan fingerprint density at radius 3 is 2.86 bits per heavy atom. The van der Waals surface area contributed by atoms with Crippen molar-refractivity contribution in [1.29, 1.82) is 5.26 Å². The maximum atomic E-state index is 14.0. The average Bonchev–Trinajstić information content (AvgIpc) is 3.30. The van der Waals surface area contributed by atoms with Crippen LogP contribution in [0.25, 0.3) is 0 Å². The number of nitrogens with zero attached hydrogens (tertiary/aromatic N) is 3. The second kappa shape index (κ2) is 7.29. The van der Waals surface area contributed by atoms with E-state index in [0.717, 1.165) is 6.07 Å². The SMILES string of the molecule is N#Cc1ccc(COC(=O)[C@@H]2CCCN2C2=NS(=O)(=O)c3ccccc32)c(F)c1. The molecule has 0 aliphatic carbocycles. The van der Waals surface area contributed by atoms with Crippen LogP contribution in [0.5, 0.6) is 0 Å². The third-order valence-electron chi connectivity index (χ3n) is 4.96. The second-order valence-corrected chi connectivity index (χ2v) is 8.34. The fourth-order valence-electron chi connectivity index (χ4n) is 3.54. The Hall–Kier alpha value is -3.25. The highest BCUT2D eigenvalue weighted by Gasteiger charge is 2.39. The molecule has 0 bridgehead atoms. The highest BCUT2D eigenvalue weighted by atomic mass is 32.2. The quantitative estimate of drug-likeness (QED) is 0.716. The smallest absolute Gasteiger partial charge is 0.329 e. The van der Waals surface area contributed by atoms with Crippen molar-refractivity contribution in [2.24, 2.45) is 4.40 Å². The lowest BCUT2D eigenvalue weighted by Crippen LogP contribution is -2.41. The molecule has 0 radical (unpaired) electrons. The van der Waals surface area contributed by atoms with Gasteiger partial charge in [0.1, 0.15) is 23.4 Å². The molecule has 7 nitrogen and oxygen atoms in total. The van der Waals surface area contributed by atoms with Gasteiger partial charge in [-0.3, -0.25) is 0 Å². The summed E-state index contributed by atoms with van der Waals surface area (Å²) >= 11 is 0. The Morgan fingerprint density at radius 1 is 1.31 bits per heavy atom. The number of nitriles is 1. The average molecular weight is 413 g/mol. The number of carbonyl (C=O) groups is 1. The van der Waals surface area contributed by atoms with Gasteiger partial charge < -0.3 is 9.64 Å². The lowest BCUT2D eigenvalue weighted by Gasteiger charge is -2.25. The highest BCUT2D eigenvalue weighted by molar-refractivity contribution is 7.90. The van der Waals surface area contributed by atoms with Gasteiger partial charge in [0.25, 0.3) is 10.0 Å². The number of likely N-dealkylation sites (tertiary alicyclic amines) is 1. The first kappa shape index (κ1) is 19.1. The van der Waals surface area contributed by atoms with Crippen molar-refractivity contribution < 1.29 is 22.3 Å². The molecular weight excluding hydrogens is 397 g/mol. The summed E-state index contributed by atoms with van der Waals surface area (Å²) < 4.78 is 47.8. The van der Waals surface area contributed by atoms with E-state index in [1.807, 2.05) is 6.07 Å². The number of esters is 1. The lowest BCUT2D eigenvalue weighted by molar-refractivity contribution is -0.149. The van der Waals surface area contributed by atoms with Crippen molar-refractivity contribution in [3.63, 3.8) is 0 Å². The standard InChI is InChI=1S/C20H16FN3O4S/c21-16-10-13(11-22)7-8-14(16)12-28-20(25)17-5-3-9-24(17)19-15-4-1-2-6-18(15)29(26,27)23-19/h1-2,4,6-8,10,17H,3,5,9,12H2/t17-/m0/s1. The van der Waals surface area contributed by atoms with Crippen molar-refractivity contribution in [1.82, 2.24) is 4.90 Å². The summed E-state index contributed by atoms with van der Waals surface area (Å²) in [5, 5.41) is 8.79. The zero-order valence-corrected chi connectivity index (χ0v) is 16.0. The third-order valence-corrected chi connectivity index (χ3v) is 6.29. The number of hydrogen-bond donors (Lipinski definition) is 0. The van der Waals surface area contributed by atoms with Crippen LogP contribution in [0.1, 0.15) is 29.5 Å². The molecule has 0 amide bonds. The molecule has 29 heavy (non-hydrogen) atoms. The second-order valence-electron chi connectivity index (χ2n) is 6.76. The van der Waals surface area contributed by atoms with Crippen LogP contribution in [-0.4, -0.2) is 37.7 Å². The molecule has 1 saturated heterocycles. The van der Waals surface area contributed by atoms with Crippen LogP contribution < -0.4 is 0 Å². The summed E-state index contributed by atoms with van der Waals surface area (Å²) in [6.45, 7) is 0.190. The fourth-order valence-corrected chi connectivity index (χ4v) is 4.76. The van der Waals surface area contributed by atoms with Gasteiger partial charge in [0.2, 0.25) is 0 Å². The number of fused-ring (bicyclic) bond motifs is 1. The van der Waals surface area contributed by atoms with Gasteiger partial charge in [0, 0.05) is 17.7 Å². The minimum atomic E-state index is -3.79. The van der Waals surface area contributed by atoms with Crippen LogP contribution in [0.2, 0.25) is 0 Å². The molecule has 1 fully saturated rings. The summed E-state index contributed by atoms with van der Waals surface area (Å²) in [7, 11) is -3.79. The van der Waals surface area contributed by atoms with Crippen LogP contribution >= 0.6 is 0 Å². The Labute approximate surface area is 167 Å². The molecule has 0 unspecified atom stereocenters. The summed E-state index contributed by atoms with van der Waals surface area (Å²) in [6, 6.07) is 11.6. The number of benzene rings is 2. The maximum absolute atomic E-state index is 14.0. The van der Waals surface area contributed by atoms with Crippen molar-refractivity contribution in [3.05, 3.63) is 65.0 Å². The van der Waals surface area contributed by atoms with Crippen molar-refractivity contribution >= 4 is 21.8 Å².